The smallest absolute Gasteiger partial charge is 0.325 e. The molecular formula is C20H22N6O4. The standard InChI is InChI=1S/C20H22N6O4/c1-2-25-12-15(23-19(29)16-9-11-22-26(16)13-17(27)28)18(24-25)20(30)21-10-8-14-6-4-3-5-7-14/h3-7,9,11-12H,2,8,10,13H2,1H3,(H,21,30)(H,23,29)(H,27,28). The van der Waals surface area contributed by atoms with Gasteiger partial charge in [0.2, 0.25) is 0 Å². The summed E-state index contributed by atoms with van der Waals surface area (Å²) < 4.78 is 2.61. The van der Waals surface area contributed by atoms with E-state index in [0.29, 0.717) is 19.5 Å². The molecule has 0 radical (unpaired) electrons. The molecule has 10 nitrogen and oxygen atoms in total. The van der Waals surface area contributed by atoms with Gasteiger partial charge in [-0.05, 0) is 25.0 Å². The number of carbonyl (C=O) groups is 3. The Labute approximate surface area is 172 Å². The van der Waals surface area contributed by atoms with E-state index in [2.05, 4.69) is 20.8 Å². The number of nitrogens with one attached hydrogen (secondary N) is 2. The van der Waals surface area contributed by atoms with Gasteiger partial charge in [-0.15, -0.1) is 0 Å². The van der Waals surface area contributed by atoms with E-state index in [0.717, 1.165) is 10.2 Å². The van der Waals surface area contributed by atoms with E-state index in [1.165, 1.54) is 16.9 Å². The average Bonchev–Trinajstić information content (AvgIpc) is 3.35. The molecule has 2 amide bonds. The van der Waals surface area contributed by atoms with Gasteiger partial charge in [0.05, 0.1) is 5.69 Å². The Kier molecular flexibility index (Phi) is 6.58. The van der Waals surface area contributed by atoms with Crippen molar-refractivity contribution in [2.75, 3.05) is 11.9 Å². The topological polar surface area (TPSA) is 131 Å². The minimum Gasteiger partial charge on any atom is -0.480 e. The molecule has 0 unspecified atom stereocenters. The molecule has 0 saturated carbocycles. The van der Waals surface area contributed by atoms with Crippen LogP contribution in [-0.2, 0) is 24.3 Å². The van der Waals surface area contributed by atoms with E-state index in [4.69, 9.17) is 5.11 Å². The SMILES string of the molecule is CCn1cc(NC(=O)c2ccnn2CC(=O)O)c(C(=O)NCCc2ccccc2)n1. The minimum atomic E-state index is -1.12. The monoisotopic (exact) mass is 410 g/mol. The van der Waals surface area contributed by atoms with Crippen LogP contribution in [0.15, 0.2) is 48.8 Å². The summed E-state index contributed by atoms with van der Waals surface area (Å²) in [6, 6.07) is 11.2. The number of anilines is 1. The van der Waals surface area contributed by atoms with Crippen molar-refractivity contribution in [1.29, 1.82) is 0 Å². The first-order valence-corrected chi connectivity index (χ1v) is 9.42. The van der Waals surface area contributed by atoms with E-state index in [-0.39, 0.29) is 17.1 Å². The fourth-order valence-corrected chi connectivity index (χ4v) is 2.86. The summed E-state index contributed by atoms with van der Waals surface area (Å²) in [6.45, 7) is 2.34. The highest BCUT2D eigenvalue weighted by Gasteiger charge is 2.21. The quantitative estimate of drug-likeness (QED) is 0.489. The fraction of sp³-hybridized carbons (Fsp3) is 0.250. The van der Waals surface area contributed by atoms with Crippen LogP contribution in [0.2, 0.25) is 0 Å². The molecule has 2 heterocycles. The maximum Gasteiger partial charge on any atom is 0.325 e. The molecule has 3 N–H and O–H groups in total. The zero-order valence-corrected chi connectivity index (χ0v) is 16.4. The third kappa shape index (κ3) is 5.10. The van der Waals surface area contributed by atoms with Crippen LogP contribution in [0.3, 0.4) is 0 Å². The second kappa shape index (κ2) is 9.50. The van der Waals surface area contributed by atoms with E-state index >= 15 is 0 Å². The maximum atomic E-state index is 12.6. The van der Waals surface area contributed by atoms with Crippen LogP contribution in [0.5, 0.6) is 0 Å². The normalized spacial score (nSPS) is 10.6. The lowest BCUT2D eigenvalue weighted by Crippen LogP contribution is -2.28. The predicted octanol–water partition coefficient (Wildman–Crippen LogP) is 1.41. The number of amides is 2. The summed E-state index contributed by atoms with van der Waals surface area (Å²) in [7, 11) is 0. The highest BCUT2D eigenvalue weighted by Crippen LogP contribution is 2.16. The first-order chi connectivity index (χ1) is 14.5. The van der Waals surface area contributed by atoms with Crippen molar-refractivity contribution in [3.63, 3.8) is 0 Å². The zero-order chi connectivity index (χ0) is 21.5. The van der Waals surface area contributed by atoms with Gasteiger partial charge < -0.3 is 15.7 Å². The molecule has 30 heavy (non-hydrogen) atoms. The van der Waals surface area contributed by atoms with Crippen LogP contribution in [0.25, 0.3) is 0 Å². The Morgan fingerprint density at radius 3 is 2.57 bits per heavy atom. The van der Waals surface area contributed by atoms with Crippen LogP contribution >= 0.6 is 0 Å². The number of hydrogen-bond acceptors (Lipinski definition) is 5. The summed E-state index contributed by atoms with van der Waals surface area (Å²) >= 11 is 0. The summed E-state index contributed by atoms with van der Waals surface area (Å²) in [5.41, 5.74) is 1.49. The van der Waals surface area contributed by atoms with E-state index < -0.39 is 24.3 Å². The van der Waals surface area contributed by atoms with Gasteiger partial charge in [0, 0.05) is 25.5 Å². The lowest BCUT2D eigenvalue weighted by atomic mass is 10.1. The van der Waals surface area contributed by atoms with Crippen molar-refractivity contribution < 1.29 is 19.5 Å². The molecule has 0 spiro atoms. The number of carbonyl (C=O) groups excluding carboxylic acids is 2. The Balaban J connectivity index is 1.70. The second-order valence-corrected chi connectivity index (χ2v) is 6.46. The van der Waals surface area contributed by atoms with Gasteiger partial charge in [0.15, 0.2) is 5.69 Å². The van der Waals surface area contributed by atoms with Crippen molar-refractivity contribution in [2.45, 2.75) is 26.4 Å². The van der Waals surface area contributed by atoms with E-state index in [1.54, 1.807) is 6.20 Å². The molecule has 2 aromatic heterocycles. The third-order valence-electron chi connectivity index (χ3n) is 4.33. The molecule has 10 heteroatoms. The van der Waals surface area contributed by atoms with Crippen molar-refractivity contribution >= 4 is 23.5 Å². The van der Waals surface area contributed by atoms with Gasteiger partial charge in [-0.2, -0.15) is 10.2 Å². The summed E-state index contributed by atoms with van der Waals surface area (Å²) in [4.78, 5) is 36.2. The van der Waals surface area contributed by atoms with Gasteiger partial charge in [0.1, 0.15) is 12.2 Å². The molecule has 0 atom stereocenters. The molecule has 0 bridgehead atoms. The van der Waals surface area contributed by atoms with Gasteiger partial charge >= 0.3 is 5.97 Å². The van der Waals surface area contributed by atoms with Crippen molar-refractivity contribution in [2.24, 2.45) is 0 Å². The number of nitrogens with zero attached hydrogens (tertiary/aromatic N) is 4. The Morgan fingerprint density at radius 2 is 1.87 bits per heavy atom. The minimum absolute atomic E-state index is 0.0667. The highest BCUT2D eigenvalue weighted by molar-refractivity contribution is 6.07. The fourth-order valence-electron chi connectivity index (χ4n) is 2.86. The lowest BCUT2D eigenvalue weighted by Gasteiger charge is -2.08. The van der Waals surface area contributed by atoms with Crippen molar-refractivity contribution in [3.05, 3.63) is 65.7 Å². The number of carboxylic acid groups (broad SMARTS) is 1. The van der Waals surface area contributed by atoms with Crippen molar-refractivity contribution in [1.82, 2.24) is 24.9 Å². The largest absolute Gasteiger partial charge is 0.480 e. The first-order valence-electron chi connectivity index (χ1n) is 9.42. The van der Waals surface area contributed by atoms with Crippen molar-refractivity contribution in [3.8, 4) is 0 Å². The predicted molar refractivity (Wildman–Crippen MR) is 108 cm³/mol. The number of aryl methyl sites for hydroxylation is 1. The molecule has 156 valence electrons. The number of carboxylic acids is 1. The number of benzene rings is 1. The summed E-state index contributed by atoms with van der Waals surface area (Å²) in [5, 5.41) is 22.5. The molecule has 0 saturated heterocycles. The van der Waals surface area contributed by atoms with Crippen LogP contribution < -0.4 is 10.6 Å². The summed E-state index contributed by atoms with van der Waals surface area (Å²) in [5.74, 6) is -2.11. The van der Waals surface area contributed by atoms with Gasteiger partial charge in [-0.1, -0.05) is 30.3 Å². The first kappa shape index (κ1) is 20.8. The van der Waals surface area contributed by atoms with Crippen LogP contribution in [0, 0.1) is 0 Å². The summed E-state index contributed by atoms with van der Waals surface area (Å²) in [6.07, 6.45) is 3.56. The molecule has 3 aromatic rings. The molecular weight excluding hydrogens is 388 g/mol. The lowest BCUT2D eigenvalue weighted by molar-refractivity contribution is -0.137. The Morgan fingerprint density at radius 1 is 1.10 bits per heavy atom. The zero-order valence-electron chi connectivity index (χ0n) is 16.4. The van der Waals surface area contributed by atoms with Crippen LogP contribution in [-0.4, -0.2) is 49.0 Å². The average molecular weight is 410 g/mol. The van der Waals surface area contributed by atoms with Gasteiger partial charge in [-0.3, -0.25) is 19.1 Å². The number of aliphatic carboxylic acids is 1. The Hall–Kier alpha value is -3.95. The van der Waals surface area contributed by atoms with Gasteiger partial charge in [-0.25, -0.2) is 4.68 Å². The Bertz CT molecular complexity index is 1040. The van der Waals surface area contributed by atoms with E-state index in [1.807, 2.05) is 37.3 Å². The number of hydrogen-bond donors (Lipinski definition) is 3. The van der Waals surface area contributed by atoms with Gasteiger partial charge in [0.25, 0.3) is 11.8 Å². The highest BCUT2D eigenvalue weighted by atomic mass is 16.4. The molecule has 0 aliphatic heterocycles. The molecule has 0 aliphatic carbocycles. The molecule has 1 aromatic carbocycles. The molecule has 0 aliphatic rings. The third-order valence-corrected chi connectivity index (χ3v) is 4.33. The number of rotatable bonds is 9. The van der Waals surface area contributed by atoms with Crippen LogP contribution in [0.4, 0.5) is 5.69 Å². The molecule has 0 fully saturated rings. The van der Waals surface area contributed by atoms with Crippen LogP contribution in [0.1, 0.15) is 33.5 Å². The number of aromatic nitrogens is 4. The maximum absolute atomic E-state index is 12.6. The molecule has 3 rings (SSSR count). The second-order valence-electron chi connectivity index (χ2n) is 6.46. The van der Waals surface area contributed by atoms with E-state index in [9.17, 15) is 14.4 Å².